The molecule has 28 heavy (non-hydrogen) atoms. The molecule has 150 valence electrons. The van der Waals surface area contributed by atoms with Crippen LogP contribution >= 0.6 is 0 Å². The smallest absolute Gasteiger partial charge is 0.320 e. The van der Waals surface area contributed by atoms with Crippen LogP contribution in [0.15, 0.2) is 30.3 Å². The quantitative estimate of drug-likeness (QED) is 0.819. The van der Waals surface area contributed by atoms with Gasteiger partial charge in [0.2, 0.25) is 5.91 Å². The number of benzene rings is 1. The lowest BCUT2D eigenvalue weighted by molar-refractivity contribution is -0.157. The SMILES string of the molecule is Cc1nn(-c2ccccc2)c(C)c1C1C(=O)NCCN1CC(=O)OC(C)(C)C. The molecule has 0 aliphatic carbocycles. The maximum Gasteiger partial charge on any atom is 0.320 e. The molecule has 0 bridgehead atoms. The number of hydrogen-bond donors (Lipinski definition) is 1. The number of para-hydroxylation sites is 1. The van der Waals surface area contributed by atoms with Gasteiger partial charge in [0.15, 0.2) is 0 Å². The first-order valence-electron chi connectivity index (χ1n) is 9.52. The number of nitrogens with one attached hydrogen (secondary N) is 1. The summed E-state index contributed by atoms with van der Waals surface area (Å²) in [5.74, 6) is -0.452. The summed E-state index contributed by atoms with van der Waals surface area (Å²) in [6, 6.07) is 9.23. The predicted molar refractivity (Wildman–Crippen MR) is 106 cm³/mol. The van der Waals surface area contributed by atoms with E-state index in [1.165, 1.54) is 0 Å². The van der Waals surface area contributed by atoms with Crippen molar-refractivity contribution in [2.45, 2.75) is 46.3 Å². The minimum Gasteiger partial charge on any atom is -0.459 e. The summed E-state index contributed by atoms with van der Waals surface area (Å²) in [5.41, 5.74) is 2.88. The first kappa shape index (κ1) is 20.1. The third kappa shape index (κ3) is 4.25. The lowest BCUT2D eigenvalue weighted by Gasteiger charge is -2.35. The molecular weight excluding hydrogens is 356 g/mol. The van der Waals surface area contributed by atoms with Gasteiger partial charge < -0.3 is 10.1 Å². The Kier molecular flexibility index (Phi) is 5.56. The van der Waals surface area contributed by atoms with Crippen molar-refractivity contribution in [3.05, 3.63) is 47.3 Å². The fourth-order valence-corrected chi connectivity index (χ4v) is 3.61. The third-order valence-corrected chi connectivity index (χ3v) is 4.69. The van der Waals surface area contributed by atoms with Crippen molar-refractivity contribution in [3.8, 4) is 5.69 Å². The lowest BCUT2D eigenvalue weighted by atomic mass is 10.00. The molecule has 3 rings (SSSR count). The Labute approximate surface area is 165 Å². The molecule has 1 aliphatic heterocycles. The summed E-state index contributed by atoms with van der Waals surface area (Å²) in [5, 5.41) is 7.57. The first-order chi connectivity index (χ1) is 13.2. The highest BCUT2D eigenvalue weighted by Gasteiger charge is 2.37. The Hall–Kier alpha value is -2.67. The van der Waals surface area contributed by atoms with Crippen molar-refractivity contribution < 1.29 is 14.3 Å². The van der Waals surface area contributed by atoms with Crippen molar-refractivity contribution in [3.63, 3.8) is 0 Å². The number of hydrogen-bond acceptors (Lipinski definition) is 5. The second-order valence-corrected chi connectivity index (χ2v) is 8.08. The normalized spacial score (nSPS) is 18.0. The molecule has 0 spiro atoms. The van der Waals surface area contributed by atoms with E-state index in [0.717, 1.165) is 22.6 Å². The van der Waals surface area contributed by atoms with E-state index in [1.54, 1.807) is 0 Å². The first-order valence-corrected chi connectivity index (χ1v) is 9.52. The molecular formula is C21H28N4O3. The highest BCUT2D eigenvalue weighted by molar-refractivity contribution is 5.85. The molecule has 1 atom stereocenters. The van der Waals surface area contributed by atoms with Gasteiger partial charge in [0.25, 0.3) is 0 Å². The molecule has 1 aliphatic rings. The van der Waals surface area contributed by atoms with Crippen LogP contribution in [0.25, 0.3) is 5.69 Å². The Balaban J connectivity index is 1.94. The van der Waals surface area contributed by atoms with Gasteiger partial charge >= 0.3 is 5.97 Å². The average molecular weight is 384 g/mol. The fourth-order valence-electron chi connectivity index (χ4n) is 3.61. The topological polar surface area (TPSA) is 76.5 Å². The summed E-state index contributed by atoms with van der Waals surface area (Å²) < 4.78 is 7.31. The van der Waals surface area contributed by atoms with Gasteiger partial charge in [-0.15, -0.1) is 0 Å². The van der Waals surface area contributed by atoms with Gasteiger partial charge in [-0.05, 0) is 46.8 Å². The van der Waals surface area contributed by atoms with Gasteiger partial charge in [-0.1, -0.05) is 18.2 Å². The molecule has 1 aromatic heterocycles. The van der Waals surface area contributed by atoms with Crippen molar-refractivity contribution in [2.24, 2.45) is 0 Å². The number of aryl methyl sites for hydroxylation is 1. The third-order valence-electron chi connectivity index (χ3n) is 4.69. The summed E-state index contributed by atoms with van der Waals surface area (Å²) >= 11 is 0. The van der Waals surface area contributed by atoms with Crippen LogP contribution in [0, 0.1) is 13.8 Å². The van der Waals surface area contributed by atoms with Crippen LogP contribution in [-0.2, 0) is 14.3 Å². The number of carbonyl (C=O) groups excluding carboxylic acids is 2. The Morgan fingerprint density at radius 1 is 1.25 bits per heavy atom. The molecule has 1 saturated heterocycles. The van der Waals surface area contributed by atoms with Crippen LogP contribution in [0.3, 0.4) is 0 Å². The zero-order valence-corrected chi connectivity index (χ0v) is 17.2. The van der Waals surface area contributed by atoms with E-state index in [4.69, 9.17) is 4.74 Å². The van der Waals surface area contributed by atoms with Crippen LogP contribution in [0.1, 0.15) is 43.8 Å². The number of esters is 1. The summed E-state index contributed by atoms with van der Waals surface area (Å²) in [4.78, 5) is 27.0. The zero-order valence-electron chi connectivity index (χ0n) is 17.2. The second kappa shape index (κ2) is 7.75. The van der Waals surface area contributed by atoms with Gasteiger partial charge in [-0.25, -0.2) is 4.68 Å². The Morgan fingerprint density at radius 2 is 1.93 bits per heavy atom. The number of ether oxygens (including phenoxy) is 1. The number of nitrogens with zero attached hydrogens (tertiary/aromatic N) is 3. The zero-order chi connectivity index (χ0) is 20.5. The molecule has 0 saturated carbocycles. The molecule has 7 nitrogen and oxygen atoms in total. The molecule has 1 N–H and O–H groups in total. The van der Waals surface area contributed by atoms with Crippen LogP contribution in [-0.4, -0.2) is 51.8 Å². The van der Waals surface area contributed by atoms with Crippen molar-refractivity contribution in [1.29, 1.82) is 0 Å². The van der Waals surface area contributed by atoms with Gasteiger partial charge in [0, 0.05) is 24.3 Å². The van der Waals surface area contributed by atoms with Crippen LogP contribution < -0.4 is 5.32 Å². The minimum atomic E-state index is -0.571. The molecule has 2 aromatic rings. The molecule has 1 amide bonds. The minimum absolute atomic E-state index is 0.0603. The monoisotopic (exact) mass is 384 g/mol. The van der Waals surface area contributed by atoms with Crippen LogP contribution in [0.5, 0.6) is 0 Å². The summed E-state index contributed by atoms with van der Waals surface area (Å²) in [6.07, 6.45) is 0. The molecule has 7 heteroatoms. The maximum absolute atomic E-state index is 12.8. The highest BCUT2D eigenvalue weighted by atomic mass is 16.6. The van der Waals surface area contributed by atoms with E-state index in [9.17, 15) is 9.59 Å². The maximum atomic E-state index is 12.8. The average Bonchev–Trinajstić information content (AvgIpc) is 2.89. The van der Waals surface area contributed by atoms with Crippen molar-refractivity contribution in [2.75, 3.05) is 19.6 Å². The van der Waals surface area contributed by atoms with E-state index < -0.39 is 11.6 Å². The number of aromatic nitrogens is 2. The van der Waals surface area contributed by atoms with Gasteiger partial charge in [-0.3, -0.25) is 14.5 Å². The fraction of sp³-hybridized carbons (Fsp3) is 0.476. The van der Waals surface area contributed by atoms with E-state index in [0.29, 0.717) is 13.1 Å². The Morgan fingerprint density at radius 3 is 2.57 bits per heavy atom. The van der Waals surface area contributed by atoms with Gasteiger partial charge in [0.05, 0.1) is 17.9 Å². The second-order valence-electron chi connectivity index (χ2n) is 8.08. The molecule has 1 aromatic carbocycles. The molecule has 2 heterocycles. The molecule has 1 unspecified atom stereocenters. The standard InChI is InChI=1S/C21H28N4O3/c1-14-18(15(2)25(23-14)16-9-7-6-8-10-16)19-20(27)22-11-12-24(19)13-17(26)28-21(3,4)5/h6-10,19H,11-13H2,1-5H3,(H,22,27). The lowest BCUT2D eigenvalue weighted by Crippen LogP contribution is -2.52. The Bertz CT molecular complexity index is 868. The van der Waals surface area contributed by atoms with E-state index in [1.807, 2.05) is 74.5 Å². The van der Waals surface area contributed by atoms with Crippen molar-refractivity contribution >= 4 is 11.9 Å². The van der Waals surface area contributed by atoms with E-state index in [2.05, 4.69) is 10.4 Å². The molecule has 1 fully saturated rings. The van der Waals surface area contributed by atoms with Gasteiger partial charge in [0.1, 0.15) is 11.6 Å². The number of amides is 1. The van der Waals surface area contributed by atoms with Gasteiger partial charge in [-0.2, -0.15) is 5.10 Å². The predicted octanol–water partition coefficient (Wildman–Crippen LogP) is 2.30. The largest absolute Gasteiger partial charge is 0.459 e. The van der Waals surface area contributed by atoms with E-state index in [-0.39, 0.29) is 18.4 Å². The van der Waals surface area contributed by atoms with Crippen LogP contribution in [0.4, 0.5) is 0 Å². The number of carbonyl (C=O) groups is 2. The number of piperazine rings is 1. The highest BCUT2D eigenvalue weighted by Crippen LogP contribution is 2.30. The summed E-state index contributed by atoms with van der Waals surface area (Å²) in [7, 11) is 0. The summed E-state index contributed by atoms with van der Waals surface area (Å²) in [6.45, 7) is 10.5. The molecule has 0 radical (unpaired) electrons. The number of rotatable bonds is 4. The van der Waals surface area contributed by atoms with Crippen LogP contribution in [0.2, 0.25) is 0 Å². The van der Waals surface area contributed by atoms with E-state index >= 15 is 0 Å². The van der Waals surface area contributed by atoms with Crippen molar-refractivity contribution in [1.82, 2.24) is 20.0 Å².